The lowest BCUT2D eigenvalue weighted by Crippen LogP contribution is -2.20. The van der Waals surface area contributed by atoms with Crippen molar-refractivity contribution in [2.24, 2.45) is 0 Å². The molecule has 0 unspecified atom stereocenters. The van der Waals surface area contributed by atoms with E-state index in [-0.39, 0.29) is 10.8 Å². The van der Waals surface area contributed by atoms with Crippen molar-refractivity contribution >= 4 is 45.3 Å². The van der Waals surface area contributed by atoms with E-state index in [2.05, 4.69) is 15.4 Å². The maximum Gasteiger partial charge on any atom is 0.416 e. The first-order valence-electron chi connectivity index (χ1n) is 6.64. The highest BCUT2D eigenvalue weighted by Crippen LogP contribution is 2.31. The van der Waals surface area contributed by atoms with Crippen molar-refractivity contribution in [3.05, 3.63) is 46.3 Å². The number of carbonyl (C=O) groups is 1. The van der Waals surface area contributed by atoms with Crippen LogP contribution in [-0.2, 0) is 10.9 Å². The Hall–Kier alpha value is -2.13. The van der Waals surface area contributed by atoms with E-state index < -0.39 is 17.7 Å². The normalized spacial score (nSPS) is 11.0. The number of hydrogen-bond acceptors (Lipinski definition) is 4. The Bertz CT molecular complexity index is 772. The summed E-state index contributed by atoms with van der Waals surface area (Å²) in [5.74, 6) is -0.524. The number of aryl methyl sites for hydroxylation is 1. The number of halogens is 3. The molecule has 1 aromatic heterocycles. The van der Waals surface area contributed by atoms with E-state index in [1.807, 2.05) is 6.92 Å². The summed E-state index contributed by atoms with van der Waals surface area (Å²) >= 11 is 6.38. The number of thiophene rings is 1. The van der Waals surface area contributed by atoms with Crippen LogP contribution in [0.1, 0.15) is 20.8 Å². The molecule has 2 N–H and O–H groups in total. The van der Waals surface area contributed by atoms with Crippen molar-refractivity contribution < 1.29 is 22.7 Å². The lowest BCUT2D eigenvalue weighted by molar-refractivity contribution is -0.137. The molecule has 9 heteroatoms. The molecule has 0 atom stereocenters. The molecule has 0 aliphatic carbocycles. The molecule has 0 spiro atoms. The first-order valence-corrected chi connectivity index (χ1v) is 7.87. The Labute approximate surface area is 145 Å². The summed E-state index contributed by atoms with van der Waals surface area (Å²) in [6.07, 6.45) is -4.43. The summed E-state index contributed by atoms with van der Waals surface area (Å²) in [7, 11) is 1.26. The fourth-order valence-electron chi connectivity index (χ4n) is 1.91. The number of thiocarbonyl (C=S) groups is 1. The number of anilines is 2. The van der Waals surface area contributed by atoms with E-state index in [0.717, 1.165) is 17.0 Å². The summed E-state index contributed by atoms with van der Waals surface area (Å²) in [4.78, 5) is 12.6. The second kappa shape index (κ2) is 7.18. The average molecular weight is 374 g/mol. The van der Waals surface area contributed by atoms with Crippen molar-refractivity contribution in [3.8, 4) is 0 Å². The number of esters is 1. The van der Waals surface area contributed by atoms with Gasteiger partial charge in [0.1, 0.15) is 5.00 Å². The van der Waals surface area contributed by atoms with Crippen molar-refractivity contribution in [1.82, 2.24) is 0 Å². The smallest absolute Gasteiger partial charge is 0.416 e. The van der Waals surface area contributed by atoms with Crippen LogP contribution in [0, 0.1) is 6.92 Å². The summed E-state index contributed by atoms with van der Waals surface area (Å²) in [5.41, 5.74) is -0.277. The third kappa shape index (κ3) is 4.45. The standard InChI is InChI=1S/C15H13F3N2O2S2/c1-8-6-11(13(21)22-2)12(24-8)20-14(23)19-10-5-3-4-9(7-10)15(16,17)18/h3-7H,1-2H3,(H2,19,20,23). The SMILES string of the molecule is COC(=O)c1cc(C)sc1NC(=S)Nc1cccc(C(F)(F)F)c1. The second-order valence-corrected chi connectivity index (χ2v) is 6.41. The van der Waals surface area contributed by atoms with E-state index in [9.17, 15) is 18.0 Å². The monoisotopic (exact) mass is 374 g/mol. The Morgan fingerprint density at radius 1 is 1.25 bits per heavy atom. The van der Waals surface area contributed by atoms with Gasteiger partial charge in [-0.3, -0.25) is 0 Å². The highest BCUT2D eigenvalue weighted by molar-refractivity contribution is 7.80. The molecule has 128 valence electrons. The number of ether oxygens (including phenoxy) is 1. The minimum atomic E-state index is -4.43. The van der Waals surface area contributed by atoms with Gasteiger partial charge in [-0.25, -0.2) is 4.79 Å². The minimum Gasteiger partial charge on any atom is -0.465 e. The molecule has 0 fully saturated rings. The maximum absolute atomic E-state index is 12.7. The topological polar surface area (TPSA) is 50.4 Å². The third-order valence-electron chi connectivity index (χ3n) is 2.94. The second-order valence-electron chi connectivity index (χ2n) is 4.75. The van der Waals surface area contributed by atoms with Gasteiger partial charge in [-0.05, 0) is 43.4 Å². The number of rotatable bonds is 3. The maximum atomic E-state index is 12.7. The lowest BCUT2D eigenvalue weighted by Gasteiger charge is -2.12. The minimum absolute atomic E-state index is 0.0707. The summed E-state index contributed by atoms with van der Waals surface area (Å²) in [6.45, 7) is 1.81. The Morgan fingerprint density at radius 2 is 1.96 bits per heavy atom. The fourth-order valence-corrected chi connectivity index (χ4v) is 3.10. The quantitative estimate of drug-likeness (QED) is 0.604. The highest BCUT2D eigenvalue weighted by atomic mass is 32.1. The zero-order chi connectivity index (χ0) is 17.9. The van der Waals surface area contributed by atoms with Crippen molar-refractivity contribution in [1.29, 1.82) is 0 Å². The van der Waals surface area contributed by atoms with Gasteiger partial charge in [0.2, 0.25) is 0 Å². The van der Waals surface area contributed by atoms with Gasteiger partial charge in [0.15, 0.2) is 5.11 Å². The van der Waals surface area contributed by atoms with E-state index in [4.69, 9.17) is 12.2 Å². The van der Waals surface area contributed by atoms with Gasteiger partial charge < -0.3 is 15.4 Å². The molecule has 0 aliphatic heterocycles. The van der Waals surface area contributed by atoms with Crippen LogP contribution in [-0.4, -0.2) is 18.2 Å². The van der Waals surface area contributed by atoms with Crippen LogP contribution in [0.3, 0.4) is 0 Å². The molecule has 2 rings (SSSR count). The van der Waals surface area contributed by atoms with Crippen LogP contribution in [0.15, 0.2) is 30.3 Å². The van der Waals surface area contributed by atoms with E-state index in [0.29, 0.717) is 10.6 Å². The zero-order valence-electron chi connectivity index (χ0n) is 12.7. The molecule has 24 heavy (non-hydrogen) atoms. The third-order valence-corrected chi connectivity index (χ3v) is 4.11. The van der Waals surface area contributed by atoms with Gasteiger partial charge in [-0.1, -0.05) is 6.07 Å². The molecular weight excluding hydrogens is 361 g/mol. The number of nitrogens with one attached hydrogen (secondary N) is 2. The number of alkyl halides is 3. The van der Waals surface area contributed by atoms with Crippen molar-refractivity contribution in [3.63, 3.8) is 0 Å². The Kier molecular flexibility index (Phi) is 5.45. The predicted molar refractivity (Wildman–Crippen MR) is 91.7 cm³/mol. The number of methoxy groups -OCH3 is 1. The molecule has 0 bridgehead atoms. The number of carbonyl (C=O) groups excluding carboxylic acids is 1. The fraction of sp³-hybridized carbons (Fsp3) is 0.200. The van der Waals surface area contributed by atoms with Gasteiger partial charge in [0.25, 0.3) is 0 Å². The van der Waals surface area contributed by atoms with E-state index in [1.54, 1.807) is 6.07 Å². The van der Waals surface area contributed by atoms with Crippen molar-refractivity contribution in [2.75, 3.05) is 17.7 Å². The summed E-state index contributed by atoms with van der Waals surface area (Å²) < 4.78 is 42.8. The first kappa shape index (κ1) is 18.2. The van der Waals surface area contributed by atoms with Gasteiger partial charge in [-0.15, -0.1) is 11.3 Å². The van der Waals surface area contributed by atoms with Crippen LogP contribution < -0.4 is 10.6 Å². The molecule has 0 radical (unpaired) electrons. The van der Waals surface area contributed by atoms with Crippen molar-refractivity contribution in [2.45, 2.75) is 13.1 Å². The van der Waals surface area contributed by atoms with E-state index in [1.165, 1.54) is 30.6 Å². The van der Waals surface area contributed by atoms with Gasteiger partial charge in [-0.2, -0.15) is 13.2 Å². The molecule has 0 amide bonds. The van der Waals surface area contributed by atoms with Gasteiger partial charge in [0.05, 0.1) is 18.2 Å². The Balaban J connectivity index is 2.13. The molecule has 1 heterocycles. The van der Waals surface area contributed by atoms with Gasteiger partial charge in [0, 0.05) is 10.6 Å². The first-order chi connectivity index (χ1) is 11.2. The molecule has 1 aromatic carbocycles. The molecular formula is C15H13F3N2O2S2. The van der Waals surface area contributed by atoms with Crippen LogP contribution >= 0.6 is 23.6 Å². The van der Waals surface area contributed by atoms with Crippen LogP contribution in [0.25, 0.3) is 0 Å². The number of benzene rings is 1. The molecule has 0 saturated heterocycles. The molecule has 2 aromatic rings. The zero-order valence-corrected chi connectivity index (χ0v) is 14.3. The molecule has 4 nitrogen and oxygen atoms in total. The highest BCUT2D eigenvalue weighted by Gasteiger charge is 2.30. The number of hydrogen-bond donors (Lipinski definition) is 2. The molecule has 0 aliphatic rings. The largest absolute Gasteiger partial charge is 0.465 e. The van der Waals surface area contributed by atoms with Crippen LogP contribution in [0.2, 0.25) is 0 Å². The average Bonchev–Trinajstić information content (AvgIpc) is 2.86. The lowest BCUT2D eigenvalue weighted by atomic mass is 10.2. The van der Waals surface area contributed by atoms with Gasteiger partial charge >= 0.3 is 12.1 Å². The summed E-state index contributed by atoms with van der Waals surface area (Å²) in [5, 5.41) is 6.01. The summed E-state index contributed by atoms with van der Waals surface area (Å²) in [6, 6.07) is 6.31. The Morgan fingerprint density at radius 3 is 2.58 bits per heavy atom. The molecule has 0 saturated carbocycles. The van der Waals surface area contributed by atoms with Crippen LogP contribution in [0.4, 0.5) is 23.9 Å². The van der Waals surface area contributed by atoms with E-state index >= 15 is 0 Å². The predicted octanol–water partition coefficient (Wildman–Crippen LogP) is 4.67. The van der Waals surface area contributed by atoms with Crippen LogP contribution in [0.5, 0.6) is 0 Å².